The Bertz CT molecular complexity index is 1210. The number of carbonyl (C=O) groups excluding carboxylic acids is 2. The number of carbonyl (C=O) groups is 3. The van der Waals surface area contributed by atoms with Crippen molar-refractivity contribution in [3.05, 3.63) is 46.8 Å². The molecule has 2 saturated heterocycles. The van der Waals surface area contributed by atoms with Crippen LogP contribution in [0.4, 0.5) is 0 Å². The van der Waals surface area contributed by atoms with E-state index in [1.165, 1.54) is 0 Å². The summed E-state index contributed by atoms with van der Waals surface area (Å²) in [4.78, 5) is 42.4. The molecule has 212 valence electrons. The fourth-order valence-corrected chi connectivity index (χ4v) is 5.80. The van der Waals surface area contributed by atoms with Crippen molar-refractivity contribution in [2.45, 2.75) is 84.5 Å². The van der Waals surface area contributed by atoms with Gasteiger partial charge in [-0.05, 0) is 63.3 Å². The number of aliphatic hydroxyl groups excluding tert-OH is 1. The van der Waals surface area contributed by atoms with Gasteiger partial charge in [-0.15, -0.1) is 0 Å². The van der Waals surface area contributed by atoms with Gasteiger partial charge in [-0.25, -0.2) is 9.48 Å². The second kappa shape index (κ2) is 11.5. The van der Waals surface area contributed by atoms with E-state index in [1.807, 2.05) is 32.4 Å². The number of amides is 2. The molecule has 3 N–H and O–H groups in total. The van der Waals surface area contributed by atoms with Crippen LogP contribution in [0.1, 0.15) is 73.8 Å². The van der Waals surface area contributed by atoms with Crippen LogP contribution in [0.5, 0.6) is 0 Å². The molecule has 2 aromatic rings. The zero-order chi connectivity index (χ0) is 28.5. The van der Waals surface area contributed by atoms with Gasteiger partial charge >= 0.3 is 5.97 Å². The maximum Gasteiger partial charge on any atom is 0.335 e. The summed E-state index contributed by atoms with van der Waals surface area (Å²) in [7, 11) is 0. The molecule has 2 aliphatic heterocycles. The van der Waals surface area contributed by atoms with Crippen LogP contribution >= 0.6 is 0 Å². The molecule has 10 nitrogen and oxygen atoms in total. The summed E-state index contributed by atoms with van der Waals surface area (Å²) in [5.41, 5.74) is 3.11. The summed E-state index contributed by atoms with van der Waals surface area (Å²) in [6.45, 7) is 12.2. The third kappa shape index (κ3) is 5.45. The number of unbranched alkanes of at least 4 members (excludes halogenated alkanes) is 1. The summed E-state index contributed by atoms with van der Waals surface area (Å²) in [5, 5.41) is 27.4. The van der Waals surface area contributed by atoms with E-state index in [2.05, 4.69) is 17.1 Å². The van der Waals surface area contributed by atoms with Gasteiger partial charge in [0.25, 0.3) is 0 Å². The van der Waals surface area contributed by atoms with Crippen LogP contribution in [0.25, 0.3) is 5.69 Å². The number of nitrogens with zero attached hydrogens (tertiary/aromatic N) is 4. The van der Waals surface area contributed by atoms with E-state index >= 15 is 0 Å². The van der Waals surface area contributed by atoms with E-state index in [0.29, 0.717) is 39.0 Å². The minimum absolute atomic E-state index is 0.148. The van der Waals surface area contributed by atoms with Crippen LogP contribution in [0.3, 0.4) is 0 Å². The number of piperazine rings is 1. The van der Waals surface area contributed by atoms with Crippen LogP contribution in [-0.4, -0.2) is 84.9 Å². The molecule has 2 aliphatic rings. The van der Waals surface area contributed by atoms with Gasteiger partial charge in [0, 0.05) is 37.4 Å². The predicted octanol–water partition coefficient (Wildman–Crippen LogP) is 2.67. The second-order valence-corrected chi connectivity index (χ2v) is 11.3. The summed E-state index contributed by atoms with van der Waals surface area (Å²) >= 11 is 0. The number of piperidine rings is 1. The molecule has 2 fully saturated rings. The normalized spacial score (nSPS) is 20.5. The van der Waals surface area contributed by atoms with Crippen LogP contribution < -0.4 is 5.32 Å². The minimum atomic E-state index is -0.966. The monoisotopic (exact) mass is 539 g/mol. The first-order valence-corrected chi connectivity index (χ1v) is 13.9. The molecule has 0 aliphatic carbocycles. The third-order valence-corrected chi connectivity index (χ3v) is 8.38. The Labute approximate surface area is 230 Å². The highest BCUT2D eigenvalue weighted by atomic mass is 16.4. The summed E-state index contributed by atoms with van der Waals surface area (Å²) in [6, 6.07) is 5.75. The average Bonchev–Trinajstić information content (AvgIpc) is 3.19. The van der Waals surface area contributed by atoms with Crippen molar-refractivity contribution in [1.82, 2.24) is 24.9 Å². The Morgan fingerprint density at radius 2 is 1.79 bits per heavy atom. The number of aliphatic hydroxyl groups is 1. The number of hydrogen-bond acceptors (Lipinski definition) is 6. The Morgan fingerprint density at radius 1 is 1.15 bits per heavy atom. The number of aryl methyl sites for hydroxylation is 1. The first kappa shape index (κ1) is 28.8. The van der Waals surface area contributed by atoms with E-state index in [0.717, 1.165) is 35.5 Å². The molecule has 2 atom stereocenters. The number of hydrogen-bond donors (Lipinski definition) is 3. The van der Waals surface area contributed by atoms with Gasteiger partial charge in [-0.2, -0.15) is 5.10 Å². The number of carboxylic acid groups (broad SMARTS) is 1. The Kier molecular flexibility index (Phi) is 8.46. The lowest BCUT2D eigenvalue weighted by molar-refractivity contribution is -0.165. The van der Waals surface area contributed by atoms with E-state index in [-0.39, 0.29) is 23.3 Å². The van der Waals surface area contributed by atoms with E-state index in [9.17, 15) is 24.6 Å². The van der Waals surface area contributed by atoms with E-state index < -0.39 is 23.7 Å². The fourth-order valence-electron chi connectivity index (χ4n) is 5.80. The third-order valence-electron chi connectivity index (χ3n) is 8.38. The minimum Gasteiger partial charge on any atom is -0.478 e. The summed E-state index contributed by atoms with van der Waals surface area (Å²) < 4.78 is 1.83. The smallest absolute Gasteiger partial charge is 0.335 e. The van der Waals surface area contributed by atoms with Crippen molar-refractivity contribution in [2.24, 2.45) is 5.92 Å². The highest BCUT2D eigenvalue weighted by molar-refractivity contribution is 6.00. The highest BCUT2D eigenvalue weighted by Crippen LogP contribution is 2.35. The van der Waals surface area contributed by atoms with Gasteiger partial charge in [0.1, 0.15) is 11.6 Å². The molecule has 4 rings (SSSR count). The topological polar surface area (TPSA) is 128 Å². The predicted molar refractivity (Wildman–Crippen MR) is 147 cm³/mol. The molecule has 0 radical (unpaired) electrons. The molecule has 1 aromatic carbocycles. The number of carboxylic acids is 1. The molecule has 10 heteroatoms. The molecule has 1 aromatic heterocycles. The van der Waals surface area contributed by atoms with Crippen LogP contribution in [-0.2, 0) is 16.1 Å². The molecule has 3 heterocycles. The lowest BCUT2D eigenvalue weighted by atomic mass is 9.80. The number of rotatable bonds is 9. The van der Waals surface area contributed by atoms with Gasteiger partial charge in [-0.1, -0.05) is 27.2 Å². The van der Waals surface area contributed by atoms with Gasteiger partial charge in [-0.3, -0.25) is 14.5 Å². The maximum atomic E-state index is 13.5. The van der Waals surface area contributed by atoms with Crippen molar-refractivity contribution in [2.75, 3.05) is 19.6 Å². The average molecular weight is 540 g/mol. The quantitative estimate of drug-likeness (QED) is 0.447. The SMILES string of the molecule is CCCCN1C(=O)C(C(O)C(C)C)NC(=O)C12CCN(Cc1c(C)nn(-c3ccc(C(=O)O)cc3)c1C)CC2. The molecule has 0 saturated carbocycles. The lowest BCUT2D eigenvalue weighted by Gasteiger charge is -2.52. The zero-order valence-corrected chi connectivity index (χ0v) is 23.6. The van der Waals surface area contributed by atoms with Gasteiger partial charge < -0.3 is 20.4 Å². The number of benzene rings is 1. The van der Waals surface area contributed by atoms with Gasteiger partial charge in [0.05, 0.1) is 23.0 Å². The largest absolute Gasteiger partial charge is 0.478 e. The zero-order valence-electron chi connectivity index (χ0n) is 23.6. The number of aromatic nitrogens is 2. The first-order chi connectivity index (χ1) is 18.5. The van der Waals surface area contributed by atoms with Crippen molar-refractivity contribution in [1.29, 1.82) is 0 Å². The van der Waals surface area contributed by atoms with Crippen LogP contribution in [0, 0.1) is 19.8 Å². The molecule has 0 bridgehead atoms. The molecular formula is C29H41N5O5. The van der Waals surface area contributed by atoms with Crippen molar-refractivity contribution in [3.63, 3.8) is 0 Å². The number of aromatic carboxylic acids is 1. The maximum absolute atomic E-state index is 13.5. The molecule has 39 heavy (non-hydrogen) atoms. The Hall–Kier alpha value is -3.24. The van der Waals surface area contributed by atoms with Crippen molar-refractivity contribution >= 4 is 17.8 Å². The Morgan fingerprint density at radius 3 is 2.36 bits per heavy atom. The van der Waals surface area contributed by atoms with Crippen LogP contribution in [0.2, 0.25) is 0 Å². The fraction of sp³-hybridized carbons (Fsp3) is 0.586. The molecular weight excluding hydrogens is 498 g/mol. The first-order valence-electron chi connectivity index (χ1n) is 13.9. The molecule has 1 spiro atoms. The summed E-state index contributed by atoms with van der Waals surface area (Å²) in [6.07, 6.45) is 1.85. The Balaban J connectivity index is 1.50. The summed E-state index contributed by atoms with van der Waals surface area (Å²) in [5.74, 6) is -1.45. The van der Waals surface area contributed by atoms with Gasteiger partial charge in [0.15, 0.2) is 0 Å². The number of likely N-dealkylation sites (tertiary alicyclic amines) is 1. The standard InChI is InChI=1S/C29H41N5O5/c1-6-7-14-33-26(36)24(25(35)18(2)3)30-28(39)29(33)12-15-32(16-13-29)17-23-19(4)31-34(20(23)5)22-10-8-21(9-11-22)27(37)38/h8-11,18,24-25,35H,6-7,12-17H2,1-5H3,(H,30,39)(H,37,38). The van der Waals surface area contributed by atoms with Crippen molar-refractivity contribution in [3.8, 4) is 5.69 Å². The van der Waals surface area contributed by atoms with Crippen molar-refractivity contribution < 1.29 is 24.6 Å². The van der Waals surface area contributed by atoms with E-state index in [4.69, 9.17) is 5.10 Å². The van der Waals surface area contributed by atoms with E-state index in [1.54, 1.807) is 29.2 Å². The van der Waals surface area contributed by atoms with Crippen LogP contribution in [0.15, 0.2) is 24.3 Å². The highest BCUT2D eigenvalue weighted by Gasteiger charge is 2.54. The van der Waals surface area contributed by atoms with Gasteiger partial charge in [0.2, 0.25) is 11.8 Å². The second-order valence-electron chi connectivity index (χ2n) is 11.3. The lowest BCUT2D eigenvalue weighted by Crippen LogP contribution is -2.74. The molecule has 2 unspecified atom stereocenters. The number of nitrogens with one attached hydrogen (secondary N) is 1. The molecule has 2 amide bonds.